The summed E-state index contributed by atoms with van der Waals surface area (Å²) in [4.78, 5) is 11.8. The molecule has 4 nitrogen and oxygen atoms in total. The number of hydrogen-bond donors (Lipinski definition) is 2. The normalized spacial score (nSPS) is 21.3. The third-order valence-electron chi connectivity index (χ3n) is 2.70. The number of aryl methyl sites for hydroxylation is 1. The van der Waals surface area contributed by atoms with Gasteiger partial charge >= 0.3 is 0 Å². The monoisotopic (exact) mass is 208 g/mol. The molecule has 0 aliphatic carbocycles. The summed E-state index contributed by atoms with van der Waals surface area (Å²) in [6, 6.07) is 2.03. The minimum Gasteiger partial charge on any atom is -0.459 e. The number of carbonyl (C=O) groups is 1. The first-order chi connectivity index (χ1) is 7.27. The first-order valence-electron chi connectivity index (χ1n) is 5.33. The maximum Gasteiger partial charge on any atom is 0.287 e. The molecule has 2 heterocycles. The van der Waals surface area contributed by atoms with E-state index in [1.165, 1.54) is 0 Å². The first-order valence-corrected chi connectivity index (χ1v) is 5.33. The predicted octanol–water partition coefficient (Wildman–Crippen LogP) is 1.07. The molecule has 4 heteroatoms. The Bertz CT molecular complexity index is 340. The van der Waals surface area contributed by atoms with Crippen molar-refractivity contribution >= 4 is 5.91 Å². The second kappa shape index (κ2) is 4.49. The lowest BCUT2D eigenvalue weighted by atomic mass is 10.1. The molecule has 1 amide bonds. The summed E-state index contributed by atoms with van der Waals surface area (Å²) >= 11 is 0. The fourth-order valence-electron chi connectivity index (χ4n) is 1.83. The Balaban J connectivity index is 1.94. The summed E-state index contributed by atoms with van der Waals surface area (Å²) in [6.45, 7) is 3.77. The molecule has 1 aliphatic heterocycles. The molecule has 1 aromatic rings. The molecule has 0 saturated carbocycles. The highest BCUT2D eigenvalue weighted by Crippen LogP contribution is 2.09. The van der Waals surface area contributed by atoms with Crippen LogP contribution in [0.15, 0.2) is 16.7 Å². The van der Waals surface area contributed by atoms with E-state index in [2.05, 4.69) is 10.6 Å². The molecule has 0 spiro atoms. The van der Waals surface area contributed by atoms with Gasteiger partial charge in [0, 0.05) is 18.2 Å². The highest BCUT2D eigenvalue weighted by Gasteiger charge is 2.18. The molecule has 1 unspecified atom stereocenters. The lowest BCUT2D eigenvalue weighted by Gasteiger charge is -2.23. The van der Waals surface area contributed by atoms with Gasteiger partial charge in [-0.25, -0.2) is 0 Å². The average molecular weight is 208 g/mol. The van der Waals surface area contributed by atoms with E-state index in [-0.39, 0.29) is 11.9 Å². The van der Waals surface area contributed by atoms with Crippen molar-refractivity contribution in [3.8, 4) is 0 Å². The number of rotatable bonds is 2. The van der Waals surface area contributed by atoms with Crippen molar-refractivity contribution in [3.05, 3.63) is 23.7 Å². The van der Waals surface area contributed by atoms with E-state index >= 15 is 0 Å². The molecule has 1 fully saturated rings. The van der Waals surface area contributed by atoms with Crippen LogP contribution in [0.3, 0.4) is 0 Å². The van der Waals surface area contributed by atoms with Crippen LogP contribution in [0.1, 0.15) is 29.0 Å². The molecule has 1 aromatic heterocycles. The lowest BCUT2D eigenvalue weighted by molar-refractivity contribution is 0.0901. The molecule has 2 rings (SSSR count). The van der Waals surface area contributed by atoms with Crippen LogP contribution in [-0.2, 0) is 0 Å². The third kappa shape index (κ3) is 2.39. The molecular weight excluding hydrogens is 192 g/mol. The van der Waals surface area contributed by atoms with E-state index in [1.54, 1.807) is 12.3 Å². The molecule has 1 atom stereocenters. The highest BCUT2D eigenvalue weighted by atomic mass is 16.3. The van der Waals surface area contributed by atoms with Gasteiger partial charge in [-0.1, -0.05) is 0 Å². The standard InChI is InChI=1S/C11H16N2O2/c1-8-4-6-15-10(8)11(14)13-9-3-2-5-12-7-9/h4,6,9,12H,2-3,5,7H2,1H3,(H,13,14). The third-order valence-corrected chi connectivity index (χ3v) is 2.70. The van der Waals surface area contributed by atoms with Crippen LogP contribution in [0.2, 0.25) is 0 Å². The Kier molecular flexibility index (Phi) is 3.06. The van der Waals surface area contributed by atoms with Gasteiger partial charge in [-0.2, -0.15) is 0 Å². The average Bonchev–Trinajstić information content (AvgIpc) is 2.66. The Labute approximate surface area is 89.0 Å². The fourth-order valence-corrected chi connectivity index (χ4v) is 1.83. The Morgan fingerprint density at radius 1 is 1.67 bits per heavy atom. The van der Waals surface area contributed by atoms with Crippen molar-refractivity contribution in [1.82, 2.24) is 10.6 Å². The topological polar surface area (TPSA) is 54.3 Å². The van der Waals surface area contributed by atoms with Crippen LogP contribution in [0.5, 0.6) is 0 Å². The summed E-state index contributed by atoms with van der Waals surface area (Å²) < 4.78 is 5.14. The van der Waals surface area contributed by atoms with Gasteiger partial charge in [0.25, 0.3) is 5.91 Å². The number of carbonyl (C=O) groups excluding carboxylic acids is 1. The van der Waals surface area contributed by atoms with E-state index in [4.69, 9.17) is 4.42 Å². The van der Waals surface area contributed by atoms with Crippen LogP contribution >= 0.6 is 0 Å². The number of hydrogen-bond acceptors (Lipinski definition) is 3. The van der Waals surface area contributed by atoms with E-state index in [0.717, 1.165) is 31.5 Å². The van der Waals surface area contributed by atoms with Crippen LogP contribution in [0.25, 0.3) is 0 Å². The Morgan fingerprint density at radius 2 is 2.53 bits per heavy atom. The van der Waals surface area contributed by atoms with Gasteiger partial charge < -0.3 is 15.1 Å². The van der Waals surface area contributed by atoms with E-state index in [9.17, 15) is 4.79 Å². The van der Waals surface area contributed by atoms with Crippen LogP contribution < -0.4 is 10.6 Å². The second-order valence-electron chi connectivity index (χ2n) is 3.95. The SMILES string of the molecule is Cc1ccoc1C(=O)NC1CCCNC1. The molecular formula is C11H16N2O2. The molecule has 0 aromatic carbocycles. The van der Waals surface area contributed by atoms with Gasteiger partial charge in [-0.05, 0) is 32.4 Å². The second-order valence-corrected chi connectivity index (χ2v) is 3.95. The maximum absolute atomic E-state index is 11.8. The summed E-state index contributed by atoms with van der Waals surface area (Å²) in [5, 5.41) is 6.22. The summed E-state index contributed by atoms with van der Waals surface area (Å²) in [6.07, 6.45) is 3.70. The van der Waals surface area contributed by atoms with Crippen LogP contribution in [0, 0.1) is 6.92 Å². The van der Waals surface area contributed by atoms with Crippen molar-refractivity contribution < 1.29 is 9.21 Å². The summed E-state index contributed by atoms with van der Waals surface area (Å²) in [5.41, 5.74) is 0.885. The fraction of sp³-hybridized carbons (Fsp3) is 0.545. The number of nitrogens with one attached hydrogen (secondary N) is 2. The molecule has 1 aliphatic rings. The highest BCUT2D eigenvalue weighted by molar-refractivity contribution is 5.92. The summed E-state index contributed by atoms with van der Waals surface area (Å²) in [7, 11) is 0. The number of furan rings is 1. The Morgan fingerprint density at radius 3 is 3.13 bits per heavy atom. The molecule has 0 radical (unpaired) electrons. The van der Waals surface area contributed by atoms with Gasteiger partial charge in [-0.3, -0.25) is 4.79 Å². The Hall–Kier alpha value is -1.29. The number of piperidine rings is 1. The van der Waals surface area contributed by atoms with Crippen molar-refractivity contribution in [2.45, 2.75) is 25.8 Å². The zero-order chi connectivity index (χ0) is 10.7. The summed E-state index contributed by atoms with van der Waals surface area (Å²) in [5.74, 6) is 0.326. The zero-order valence-corrected chi connectivity index (χ0v) is 8.88. The van der Waals surface area contributed by atoms with Gasteiger partial charge in [0.2, 0.25) is 0 Å². The van der Waals surface area contributed by atoms with Crippen molar-refractivity contribution in [3.63, 3.8) is 0 Å². The van der Waals surface area contributed by atoms with Crippen molar-refractivity contribution in [2.24, 2.45) is 0 Å². The molecule has 82 valence electrons. The number of amides is 1. The lowest BCUT2D eigenvalue weighted by Crippen LogP contribution is -2.45. The van der Waals surface area contributed by atoms with Gasteiger partial charge in [0.1, 0.15) is 0 Å². The quantitative estimate of drug-likeness (QED) is 0.764. The van der Waals surface area contributed by atoms with E-state index in [0.29, 0.717) is 5.76 Å². The predicted molar refractivity (Wildman–Crippen MR) is 56.8 cm³/mol. The zero-order valence-electron chi connectivity index (χ0n) is 8.88. The van der Waals surface area contributed by atoms with Crippen LogP contribution in [-0.4, -0.2) is 25.0 Å². The van der Waals surface area contributed by atoms with Gasteiger partial charge in [0.15, 0.2) is 5.76 Å². The molecule has 1 saturated heterocycles. The minimum absolute atomic E-state index is 0.105. The molecule has 0 bridgehead atoms. The van der Waals surface area contributed by atoms with E-state index < -0.39 is 0 Å². The van der Waals surface area contributed by atoms with Crippen LogP contribution in [0.4, 0.5) is 0 Å². The van der Waals surface area contributed by atoms with Crippen molar-refractivity contribution in [2.75, 3.05) is 13.1 Å². The minimum atomic E-state index is -0.105. The largest absolute Gasteiger partial charge is 0.459 e. The molecule has 2 N–H and O–H groups in total. The van der Waals surface area contributed by atoms with Gasteiger partial charge in [0.05, 0.1) is 6.26 Å². The maximum atomic E-state index is 11.8. The molecule has 15 heavy (non-hydrogen) atoms. The van der Waals surface area contributed by atoms with Crippen molar-refractivity contribution in [1.29, 1.82) is 0 Å². The van der Waals surface area contributed by atoms with Gasteiger partial charge in [-0.15, -0.1) is 0 Å². The first kappa shape index (κ1) is 10.2. The smallest absolute Gasteiger partial charge is 0.287 e. The van der Waals surface area contributed by atoms with E-state index in [1.807, 2.05) is 6.92 Å².